The van der Waals surface area contributed by atoms with Gasteiger partial charge in [-0.15, -0.1) is 0 Å². The lowest BCUT2D eigenvalue weighted by Crippen LogP contribution is -2.39. The van der Waals surface area contributed by atoms with Gasteiger partial charge < -0.3 is 10.1 Å². The van der Waals surface area contributed by atoms with Gasteiger partial charge in [0.15, 0.2) is 0 Å². The molecule has 1 saturated heterocycles. The molecule has 0 saturated carbocycles. The molecule has 1 rings (SSSR count). The van der Waals surface area contributed by atoms with Gasteiger partial charge in [-0.25, -0.2) is 4.79 Å². The Balaban J connectivity index is 2.04. The molecule has 0 spiro atoms. The Labute approximate surface area is 116 Å². The average molecular weight is 291 g/mol. The van der Waals surface area contributed by atoms with Gasteiger partial charge in [-0.2, -0.15) is 0 Å². The van der Waals surface area contributed by atoms with Gasteiger partial charge >= 0.3 is 5.97 Å². The maximum atomic E-state index is 11.5. The maximum absolute atomic E-state index is 11.5. The predicted octanol–water partition coefficient (Wildman–Crippen LogP) is 2.38. The zero-order valence-corrected chi connectivity index (χ0v) is 12.6. The summed E-state index contributed by atoms with van der Waals surface area (Å²) >= 11 is 0. The highest BCUT2D eigenvalue weighted by molar-refractivity contribution is 8.77. The Hall–Kier alpha value is -0.360. The van der Waals surface area contributed by atoms with Crippen LogP contribution in [-0.4, -0.2) is 36.0 Å². The van der Waals surface area contributed by atoms with Crippen LogP contribution < -0.4 is 5.32 Å². The molecule has 0 aromatic rings. The third-order valence-corrected chi connectivity index (χ3v) is 5.85. The Bertz CT molecular complexity index is 280. The van der Waals surface area contributed by atoms with Gasteiger partial charge in [0.2, 0.25) is 5.91 Å². The van der Waals surface area contributed by atoms with Crippen molar-refractivity contribution in [1.29, 1.82) is 0 Å². The first-order valence-corrected chi connectivity index (χ1v) is 8.67. The predicted molar refractivity (Wildman–Crippen MR) is 76.5 cm³/mol. The fourth-order valence-electron chi connectivity index (χ4n) is 1.77. The van der Waals surface area contributed by atoms with Crippen molar-refractivity contribution in [2.45, 2.75) is 50.3 Å². The summed E-state index contributed by atoms with van der Waals surface area (Å²) in [6.07, 6.45) is 4.95. The van der Waals surface area contributed by atoms with Crippen LogP contribution in [0.1, 0.15) is 39.0 Å². The molecule has 0 aromatic carbocycles. The van der Waals surface area contributed by atoms with E-state index in [1.54, 1.807) is 6.92 Å². The monoisotopic (exact) mass is 291 g/mol. The molecule has 1 aliphatic heterocycles. The van der Waals surface area contributed by atoms with E-state index in [9.17, 15) is 9.59 Å². The maximum Gasteiger partial charge on any atom is 0.328 e. The van der Waals surface area contributed by atoms with Gasteiger partial charge in [0.25, 0.3) is 0 Å². The Morgan fingerprint density at radius 3 is 2.83 bits per heavy atom. The molecule has 1 unspecified atom stereocenters. The quantitative estimate of drug-likeness (QED) is 0.443. The Morgan fingerprint density at radius 1 is 1.44 bits per heavy atom. The number of amides is 1. The lowest BCUT2D eigenvalue weighted by molar-refractivity contribution is -0.144. The summed E-state index contributed by atoms with van der Waals surface area (Å²) in [4.78, 5) is 22.7. The molecule has 1 aliphatic rings. The standard InChI is InChI=1S/C12H21NO3S2/c1-9(12(15)16-2)13-11(14)6-4-3-5-10-7-8-17-18-10/h9-10H,3-8H2,1-2H3,(H,13,14)/t9?,10-/m0/s1. The van der Waals surface area contributed by atoms with Crippen molar-refractivity contribution in [3.8, 4) is 0 Å². The number of ether oxygens (including phenoxy) is 1. The minimum Gasteiger partial charge on any atom is -0.467 e. The molecule has 6 heteroatoms. The van der Waals surface area contributed by atoms with Gasteiger partial charge in [-0.05, 0) is 26.2 Å². The number of hydrogen-bond acceptors (Lipinski definition) is 5. The van der Waals surface area contributed by atoms with Crippen molar-refractivity contribution in [2.75, 3.05) is 12.9 Å². The number of methoxy groups -OCH3 is 1. The molecule has 1 N–H and O–H groups in total. The molecule has 104 valence electrons. The summed E-state index contributed by atoms with van der Waals surface area (Å²) in [5, 5.41) is 3.41. The summed E-state index contributed by atoms with van der Waals surface area (Å²) in [5.74, 6) is 0.788. The number of hydrogen-bond donors (Lipinski definition) is 1. The van der Waals surface area contributed by atoms with Crippen molar-refractivity contribution < 1.29 is 14.3 Å². The second-order valence-corrected chi connectivity index (χ2v) is 7.17. The summed E-state index contributed by atoms with van der Waals surface area (Å²) in [6, 6.07) is -0.552. The molecule has 0 aromatic heterocycles. The second kappa shape index (κ2) is 8.69. The van der Waals surface area contributed by atoms with Crippen LogP contribution in [0.2, 0.25) is 0 Å². The summed E-state index contributed by atoms with van der Waals surface area (Å²) in [5.41, 5.74) is 0. The van der Waals surface area contributed by atoms with Crippen LogP contribution in [0.3, 0.4) is 0 Å². The highest BCUT2D eigenvalue weighted by atomic mass is 33.1. The molecule has 4 nitrogen and oxygen atoms in total. The third kappa shape index (κ3) is 6.00. The lowest BCUT2D eigenvalue weighted by Gasteiger charge is -2.11. The zero-order chi connectivity index (χ0) is 13.4. The summed E-state index contributed by atoms with van der Waals surface area (Å²) in [7, 11) is 5.24. The SMILES string of the molecule is COC(=O)C(C)NC(=O)CCCC[C@H]1CCSS1. The van der Waals surface area contributed by atoms with Crippen LogP contribution in [0, 0.1) is 0 Å². The summed E-state index contributed by atoms with van der Waals surface area (Å²) < 4.78 is 4.55. The normalized spacial score (nSPS) is 20.4. The molecule has 1 fully saturated rings. The fraction of sp³-hybridized carbons (Fsp3) is 0.833. The number of carbonyl (C=O) groups is 2. The largest absolute Gasteiger partial charge is 0.467 e. The molecule has 1 heterocycles. The van der Waals surface area contributed by atoms with Crippen LogP contribution in [0.4, 0.5) is 0 Å². The third-order valence-electron chi connectivity index (χ3n) is 2.84. The first kappa shape index (κ1) is 15.7. The van der Waals surface area contributed by atoms with E-state index >= 15 is 0 Å². The van der Waals surface area contributed by atoms with E-state index in [0.717, 1.165) is 18.1 Å². The van der Waals surface area contributed by atoms with E-state index in [1.807, 2.05) is 21.6 Å². The van der Waals surface area contributed by atoms with Crippen LogP contribution in [0.5, 0.6) is 0 Å². The lowest BCUT2D eigenvalue weighted by atomic mass is 10.1. The number of nitrogens with one attached hydrogen (secondary N) is 1. The van der Waals surface area contributed by atoms with Crippen LogP contribution >= 0.6 is 21.6 Å². The second-order valence-electron chi connectivity index (χ2n) is 4.39. The Morgan fingerprint density at radius 2 is 2.22 bits per heavy atom. The fourth-order valence-corrected chi connectivity index (χ4v) is 4.80. The van der Waals surface area contributed by atoms with Crippen molar-refractivity contribution >= 4 is 33.5 Å². The molecular formula is C12H21NO3S2. The first-order chi connectivity index (χ1) is 8.63. The van der Waals surface area contributed by atoms with Gasteiger partial charge in [0.05, 0.1) is 7.11 Å². The molecule has 18 heavy (non-hydrogen) atoms. The molecule has 0 aliphatic carbocycles. The highest BCUT2D eigenvalue weighted by Crippen LogP contribution is 2.39. The summed E-state index contributed by atoms with van der Waals surface area (Å²) in [6.45, 7) is 1.64. The number of esters is 1. The van der Waals surface area contributed by atoms with Crippen LogP contribution in [0.15, 0.2) is 0 Å². The van der Waals surface area contributed by atoms with E-state index in [0.29, 0.717) is 6.42 Å². The van der Waals surface area contributed by atoms with Crippen LogP contribution in [0.25, 0.3) is 0 Å². The van der Waals surface area contributed by atoms with Gasteiger partial charge in [0.1, 0.15) is 6.04 Å². The number of unbranched alkanes of at least 4 members (excludes halogenated alkanes) is 1. The van der Waals surface area contributed by atoms with E-state index in [2.05, 4.69) is 10.1 Å². The minimum absolute atomic E-state index is 0.0682. The van der Waals surface area contributed by atoms with Crippen molar-refractivity contribution in [3.05, 3.63) is 0 Å². The molecule has 0 radical (unpaired) electrons. The first-order valence-electron chi connectivity index (χ1n) is 6.29. The van der Waals surface area contributed by atoms with Gasteiger partial charge in [-0.1, -0.05) is 28.0 Å². The van der Waals surface area contributed by atoms with E-state index < -0.39 is 12.0 Å². The number of carbonyl (C=O) groups excluding carboxylic acids is 2. The van der Waals surface area contributed by atoms with E-state index in [4.69, 9.17) is 0 Å². The van der Waals surface area contributed by atoms with Crippen LogP contribution in [-0.2, 0) is 14.3 Å². The van der Waals surface area contributed by atoms with Crippen molar-refractivity contribution in [2.24, 2.45) is 0 Å². The van der Waals surface area contributed by atoms with Crippen molar-refractivity contribution in [1.82, 2.24) is 5.32 Å². The molecule has 1 amide bonds. The average Bonchev–Trinajstić information content (AvgIpc) is 2.86. The van der Waals surface area contributed by atoms with E-state index in [-0.39, 0.29) is 5.91 Å². The topological polar surface area (TPSA) is 55.4 Å². The molecule has 2 atom stereocenters. The van der Waals surface area contributed by atoms with E-state index in [1.165, 1.54) is 25.7 Å². The highest BCUT2D eigenvalue weighted by Gasteiger charge is 2.17. The van der Waals surface area contributed by atoms with Crippen molar-refractivity contribution in [3.63, 3.8) is 0 Å². The van der Waals surface area contributed by atoms with Gasteiger partial charge in [-0.3, -0.25) is 4.79 Å². The number of rotatable bonds is 7. The molecular weight excluding hydrogens is 270 g/mol. The zero-order valence-electron chi connectivity index (χ0n) is 10.9. The minimum atomic E-state index is -0.552. The smallest absolute Gasteiger partial charge is 0.328 e. The Kier molecular flexibility index (Phi) is 7.58. The molecule has 0 bridgehead atoms. The van der Waals surface area contributed by atoms with Gasteiger partial charge in [0, 0.05) is 17.4 Å².